The fraction of sp³-hybridized carbons (Fsp3) is 0.500. The van der Waals surface area contributed by atoms with Crippen molar-refractivity contribution >= 4 is 0 Å². The zero-order valence-corrected chi connectivity index (χ0v) is 7.68. The first-order chi connectivity index (χ1) is 5.29. The normalized spacial score (nSPS) is 12.2. The highest BCUT2D eigenvalue weighted by molar-refractivity contribution is 4.99. The van der Waals surface area contributed by atoms with Crippen LogP contribution in [0.25, 0.3) is 0 Å². The van der Waals surface area contributed by atoms with Gasteiger partial charge in [-0.15, -0.1) is 0 Å². The number of rotatable bonds is 4. The lowest BCUT2D eigenvalue weighted by atomic mass is 10.5. The maximum Gasteiger partial charge on any atom is 0.115 e. The van der Waals surface area contributed by atoms with Crippen LogP contribution in [0, 0.1) is 0 Å². The smallest absolute Gasteiger partial charge is 0.115 e. The molecular formula is C8H17N3. The van der Waals surface area contributed by atoms with Gasteiger partial charge in [0.1, 0.15) is 5.82 Å². The van der Waals surface area contributed by atoms with Crippen molar-refractivity contribution in [1.82, 2.24) is 15.8 Å². The molecule has 0 bridgehead atoms. The number of allylic oxidation sites excluding steroid dienone is 2. The average Bonchev–Trinajstić information content (AvgIpc) is 2.05. The third kappa shape index (κ3) is 3.09. The van der Waals surface area contributed by atoms with Crippen molar-refractivity contribution in [1.29, 1.82) is 0 Å². The Kier molecular flexibility index (Phi) is 5.29. The molecule has 0 rings (SSSR count). The van der Waals surface area contributed by atoms with E-state index in [2.05, 4.69) is 10.7 Å². The molecule has 0 spiro atoms. The van der Waals surface area contributed by atoms with Gasteiger partial charge in [-0.25, -0.2) is 5.43 Å². The van der Waals surface area contributed by atoms with Gasteiger partial charge in [0.15, 0.2) is 0 Å². The summed E-state index contributed by atoms with van der Waals surface area (Å²) in [5.74, 6) is 1.03. The molecule has 0 aromatic rings. The van der Waals surface area contributed by atoms with Crippen molar-refractivity contribution in [3.8, 4) is 0 Å². The van der Waals surface area contributed by atoms with Crippen LogP contribution in [0.3, 0.4) is 0 Å². The summed E-state index contributed by atoms with van der Waals surface area (Å²) in [6, 6.07) is 0. The van der Waals surface area contributed by atoms with Gasteiger partial charge in [0.2, 0.25) is 0 Å². The summed E-state index contributed by atoms with van der Waals surface area (Å²) in [5.41, 5.74) is 3.02. The van der Waals surface area contributed by atoms with E-state index in [1.165, 1.54) is 0 Å². The van der Waals surface area contributed by atoms with Crippen LogP contribution in [0.15, 0.2) is 24.2 Å². The van der Waals surface area contributed by atoms with Crippen LogP contribution in [-0.2, 0) is 0 Å². The van der Waals surface area contributed by atoms with Crippen LogP contribution in [0.1, 0.15) is 13.8 Å². The Labute approximate surface area is 68.7 Å². The average molecular weight is 155 g/mol. The summed E-state index contributed by atoms with van der Waals surface area (Å²) in [7, 11) is 3.77. The fourth-order valence-corrected chi connectivity index (χ4v) is 0.828. The fourth-order valence-electron chi connectivity index (χ4n) is 0.828. The van der Waals surface area contributed by atoms with Gasteiger partial charge in [-0.3, -0.25) is 5.01 Å². The molecule has 0 aliphatic carbocycles. The molecule has 0 atom stereocenters. The number of hydrazine groups is 1. The number of nitrogens with one attached hydrogen (secondary N) is 2. The Bertz CT molecular complexity index is 149. The Morgan fingerprint density at radius 3 is 2.18 bits per heavy atom. The minimum absolute atomic E-state index is 1.03. The minimum Gasteiger partial charge on any atom is -0.374 e. The third-order valence-corrected chi connectivity index (χ3v) is 1.33. The van der Waals surface area contributed by atoms with Gasteiger partial charge in [0.25, 0.3) is 0 Å². The van der Waals surface area contributed by atoms with Gasteiger partial charge in [-0.05, 0) is 19.9 Å². The Morgan fingerprint density at radius 1 is 1.27 bits per heavy atom. The van der Waals surface area contributed by atoms with Gasteiger partial charge in [0.05, 0.1) is 0 Å². The first-order valence-electron chi connectivity index (χ1n) is 3.73. The maximum absolute atomic E-state index is 3.06. The van der Waals surface area contributed by atoms with Crippen LogP contribution in [0.4, 0.5) is 0 Å². The van der Waals surface area contributed by atoms with E-state index in [1.807, 2.05) is 51.3 Å². The molecule has 3 nitrogen and oxygen atoms in total. The summed E-state index contributed by atoms with van der Waals surface area (Å²) in [5, 5.41) is 4.96. The standard InChI is InChI=1S/C8H17N3/c1-5-7-11(10-4)8(6-2)9-3/h5-7,9-10H,1-4H3/b7-5-,8-6-. The van der Waals surface area contributed by atoms with Crippen molar-refractivity contribution in [2.45, 2.75) is 13.8 Å². The lowest BCUT2D eigenvalue weighted by molar-refractivity contribution is 0.352. The molecule has 0 aromatic heterocycles. The second-order valence-corrected chi connectivity index (χ2v) is 2.00. The van der Waals surface area contributed by atoms with E-state index in [1.54, 1.807) is 0 Å². The predicted octanol–water partition coefficient (Wildman–Crippen LogP) is 1.04. The second-order valence-electron chi connectivity index (χ2n) is 2.00. The molecule has 0 saturated heterocycles. The number of nitrogens with zero attached hydrogens (tertiary/aromatic N) is 1. The van der Waals surface area contributed by atoms with Crippen LogP contribution in [0.2, 0.25) is 0 Å². The largest absolute Gasteiger partial charge is 0.374 e. The molecule has 11 heavy (non-hydrogen) atoms. The number of hydrogen-bond donors (Lipinski definition) is 2. The van der Waals surface area contributed by atoms with Crippen molar-refractivity contribution < 1.29 is 0 Å². The van der Waals surface area contributed by atoms with E-state index in [9.17, 15) is 0 Å². The SMILES string of the molecule is C/C=C\N(NC)/C(=C\C)NC. The van der Waals surface area contributed by atoms with Crippen molar-refractivity contribution in [3.63, 3.8) is 0 Å². The molecule has 0 aliphatic heterocycles. The van der Waals surface area contributed by atoms with Crippen LogP contribution >= 0.6 is 0 Å². The summed E-state index contributed by atoms with van der Waals surface area (Å²) in [6.45, 7) is 3.97. The first-order valence-corrected chi connectivity index (χ1v) is 3.73. The molecule has 2 N–H and O–H groups in total. The second kappa shape index (κ2) is 5.80. The van der Waals surface area contributed by atoms with Crippen molar-refractivity contribution in [2.24, 2.45) is 0 Å². The van der Waals surface area contributed by atoms with Gasteiger partial charge in [-0.1, -0.05) is 6.08 Å². The van der Waals surface area contributed by atoms with E-state index in [0.29, 0.717) is 0 Å². The van der Waals surface area contributed by atoms with Gasteiger partial charge >= 0.3 is 0 Å². The lowest BCUT2D eigenvalue weighted by Gasteiger charge is -2.21. The van der Waals surface area contributed by atoms with Gasteiger partial charge in [0, 0.05) is 20.3 Å². The topological polar surface area (TPSA) is 27.3 Å². The first kappa shape index (κ1) is 10.0. The van der Waals surface area contributed by atoms with E-state index in [0.717, 1.165) is 5.82 Å². The van der Waals surface area contributed by atoms with Crippen LogP contribution in [0.5, 0.6) is 0 Å². The summed E-state index contributed by atoms with van der Waals surface area (Å²) in [6.07, 6.45) is 5.92. The molecule has 0 radical (unpaired) electrons. The molecule has 0 amide bonds. The molecule has 64 valence electrons. The maximum atomic E-state index is 3.06. The van der Waals surface area contributed by atoms with Gasteiger partial charge in [-0.2, -0.15) is 0 Å². The zero-order valence-electron chi connectivity index (χ0n) is 7.68. The van der Waals surface area contributed by atoms with E-state index in [-0.39, 0.29) is 0 Å². The Hall–Kier alpha value is -0.960. The molecule has 0 fully saturated rings. The van der Waals surface area contributed by atoms with Crippen LogP contribution in [-0.4, -0.2) is 19.1 Å². The molecule has 3 heteroatoms. The van der Waals surface area contributed by atoms with E-state index < -0.39 is 0 Å². The Morgan fingerprint density at radius 2 is 1.91 bits per heavy atom. The predicted molar refractivity (Wildman–Crippen MR) is 48.5 cm³/mol. The third-order valence-electron chi connectivity index (χ3n) is 1.33. The molecular weight excluding hydrogens is 138 g/mol. The van der Waals surface area contributed by atoms with E-state index >= 15 is 0 Å². The van der Waals surface area contributed by atoms with Crippen molar-refractivity contribution in [3.05, 3.63) is 24.2 Å². The number of hydrogen-bond acceptors (Lipinski definition) is 3. The van der Waals surface area contributed by atoms with E-state index in [4.69, 9.17) is 0 Å². The monoisotopic (exact) mass is 155 g/mol. The summed E-state index contributed by atoms with van der Waals surface area (Å²) < 4.78 is 0. The van der Waals surface area contributed by atoms with Gasteiger partial charge < -0.3 is 5.32 Å². The highest BCUT2D eigenvalue weighted by Crippen LogP contribution is 1.95. The van der Waals surface area contributed by atoms with Crippen LogP contribution < -0.4 is 10.7 Å². The highest BCUT2D eigenvalue weighted by atomic mass is 15.5. The summed E-state index contributed by atoms with van der Waals surface area (Å²) in [4.78, 5) is 0. The quantitative estimate of drug-likeness (QED) is 0.594. The molecule has 0 saturated carbocycles. The molecule has 0 heterocycles. The zero-order chi connectivity index (χ0) is 8.69. The minimum atomic E-state index is 1.03. The lowest BCUT2D eigenvalue weighted by Crippen LogP contribution is -2.34. The summed E-state index contributed by atoms with van der Waals surface area (Å²) >= 11 is 0. The van der Waals surface area contributed by atoms with Crippen molar-refractivity contribution in [2.75, 3.05) is 14.1 Å². The molecule has 0 aromatic carbocycles. The molecule has 0 unspecified atom stereocenters. The molecule has 0 aliphatic rings. The highest BCUT2D eigenvalue weighted by Gasteiger charge is 1.97. The Balaban J connectivity index is 4.22.